The van der Waals surface area contributed by atoms with Gasteiger partial charge in [0.05, 0.1) is 25.7 Å². The van der Waals surface area contributed by atoms with Crippen molar-refractivity contribution in [3.05, 3.63) is 13.1 Å². The lowest BCUT2D eigenvalue weighted by molar-refractivity contribution is 0.612. The number of thiophene rings is 1. The number of halogens is 4. The molecule has 0 unspecified atom stereocenters. The van der Waals surface area contributed by atoms with Crippen molar-refractivity contribution in [3.8, 4) is 0 Å². The summed E-state index contributed by atoms with van der Waals surface area (Å²) in [6.07, 6.45) is 0. The lowest BCUT2D eigenvalue weighted by Crippen LogP contribution is -1.87. The van der Waals surface area contributed by atoms with Gasteiger partial charge in [-0.05, 0) is 15.9 Å². The third-order valence-corrected chi connectivity index (χ3v) is 6.59. The number of hydrogen-bond donors (Lipinski definition) is 0. The lowest BCUT2D eigenvalue weighted by atomic mass is 10.7. The summed E-state index contributed by atoms with van der Waals surface area (Å²) in [6.45, 7) is 0. The predicted molar refractivity (Wildman–Crippen MR) is 63.2 cm³/mol. The molecule has 1 rings (SSSR count). The third kappa shape index (κ3) is 2.27. The van der Waals surface area contributed by atoms with Crippen molar-refractivity contribution in [1.29, 1.82) is 0 Å². The Kier molecular flexibility index (Phi) is 3.74. The summed E-state index contributed by atoms with van der Waals surface area (Å²) in [7, 11) is -3.33. The van der Waals surface area contributed by atoms with Crippen molar-refractivity contribution in [2.75, 3.05) is 0 Å². The first-order chi connectivity index (χ1) is 5.34. The van der Waals surface area contributed by atoms with Gasteiger partial charge in [-0.2, -0.15) is 0 Å². The molecule has 8 heteroatoms. The maximum Gasteiger partial charge on any atom is 0.234 e. The van der Waals surface area contributed by atoms with Gasteiger partial charge < -0.3 is 0 Å². The Morgan fingerprint density at radius 1 is 1.33 bits per heavy atom. The van der Waals surface area contributed by atoms with Crippen molar-refractivity contribution in [2.24, 2.45) is 0 Å². The predicted octanol–water partition coefficient (Wildman–Crippen LogP) is 3.94. The summed E-state index contributed by atoms with van der Waals surface area (Å²) in [5.41, 5.74) is 0. The highest BCUT2D eigenvalue weighted by Crippen LogP contribution is 2.44. The van der Waals surface area contributed by atoms with Crippen LogP contribution >= 0.6 is 71.7 Å². The van der Waals surface area contributed by atoms with Crippen LogP contribution in [0.2, 0.25) is 8.67 Å². The van der Waals surface area contributed by atoms with E-state index >= 15 is 0 Å². The first-order valence-electron chi connectivity index (χ1n) is 2.42. The zero-order valence-corrected chi connectivity index (χ0v) is 12.0. The van der Waals surface area contributed by atoms with E-state index in [4.69, 9.17) is 23.2 Å². The Balaban J connectivity index is 3.54. The van der Waals surface area contributed by atoms with Gasteiger partial charge in [0.1, 0.15) is 13.6 Å². The van der Waals surface area contributed by atoms with Crippen molar-refractivity contribution >= 4 is 78.7 Å². The average molecular weight is 422 g/mol. The van der Waals surface area contributed by atoms with Crippen LogP contribution in [0.4, 0.5) is 0 Å². The van der Waals surface area contributed by atoms with E-state index in [1.165, 1.54) is 21.2 Å². The molecule has 0 amide bonds. The molecule has 68 valence electrons. The van der Waals surface area contributed by atoms with Crippen molar-refractivity contribution < 1.29 is 8.42 Å². The molecule has 0 saturated carbocycles. The highest BCUT2D eigenvalue weighted by Gasteiger charge is 2.23. The summed E-state index contributed by atoms with van der Waals surface area (Å²) >= 11 is 16.7. The Hall–Kier alpha value is 1.44. The van der Waals surface area contributed by atoms with Crippen molar-refractivity contribution in [3.63, 3.8) is 0 Å². The van der Waals surface area contributed by atoms with Crippen LogP contribution in [0.15, 0.2) is 9.37 Å². The van der Waals surface area contributed by atoms with Gasteiger partial charge in [-0.3, -0.25) is 0 Å². The maximum atomic E-state index is 11.1. The molecule has 0 spiro atoms. The molecule has 0 aliphatic rings. The van der Waals surface area contributed by atoms with Crippen LogP contribution in [0.3, 0.4) is 0 Å². The Labute approximate surface area is 104 Å². The van der Waals surface area contributed by atoms with E-state index in [1.807, 2.05) is 0 Å². The molecule has 0 N–H and O–H groups in total. The molecule has 1 aromatic rings. The fourth-order valence-electron chi connectivity index (χ4n) is 0.548. The first-order valence-corrected chi connectivity index (χ1v) is 8.81. The lowest BCUT2D eigenvalue weighted by Gasteiger charge is -1.92. The van der Waals surface area contributed by atoms with Crippen LogP contribution in [0, 0.1) is 0 Å². The fourth-order valence-corrected chi connectivity index (χ4v) is 7.64. The molecule has 0 radical (unpaired) electrons. The van der Waals surface area contributed by atoms with Crippen molar-refractivity contribution in [2.45, 2.75) is 4.90 Å². The second-order valence-corrected chi connectivity index (χ2v) is 9.51. The van der Waals surface area contributed by atoms with Gasteiger partial charge in [-0.25, -0.2) is 8.42 Å². The van der Waals surface area contributed by atoms with E-state index in [-0.39, 0.29) is 9.23 Å². The van der Waals surface area contributed by atoms with Gasteiger partial charge in [-0.15, -0.1) is 11.3 Å². The van der Waals surface area contributed by atoms with Crippen LogP contribution in [0.25, 0.3) is 0 Å². The van der Waals surface area contributed by atoms with Gasteiger partial charge in [0.25, 0.3) is 0 Å². The zero-order chi connectivity index (χ0) is 9.52. The van der Waals surface area contributed by atoms with Gasteiger partial charge in [0, 0.05) is 0 Å². The molecule has 1 aromatic heterocycles. The Morgan fingerprint density at radius 3 is 2.00 bits per heavy atom. The van der Waals surface area contributed by atoms with E-state index in [0.29, 0.717) is 8.81 Å². The van der Waals surface area contributed by atoms with Gasteiger partial charge >= 0.3 is 0 Å². The maximum absolute atomic E-state index is 11.1. The quantitative estimate of drug-likeness (QED) is 0.508. The topological polar surface area (TPSA) is 34.1 Å². The summed E-state index contributed by atoms with van der Waals surface area (Å²) in [6, 6.07) is 0. The first kappa shape index (κ1) is 11.5. The largest absolute Gasteiger partial charge is 0.234 e. The SMILES string of the molecule is O=S(=O)(I)c1c(Cl)sc(Cl)c1Br. The van der Waals surface area contributed by atoms with Gasteiger partial charge in [0.15, 0.2) is 0 Å². The molecule has 0 fully saturated rings. The molecule has 12 heavy (non-hydrogen) atoms. The summed E-state index contributed by atoms with van der Waals surface area (Å²) in [4.78, 5) is 0.0553. The summed E-state index contributed by atoms with van der Waals surface area (Å²) < 4.78 is 23.1. The van der Waals surface area contributed by atoms with E-state index in [9.17, 15) is 8.42 Å². The van der Waals surface area contributed by atoms with Crippen LogP contribution in [-0.2, 0) is 7.01 Å². The normalized spacial score (nSPS) is 12.0. The average Bonchev–Trinajstić information content (AvgIpc) is 2.05. The zero-order valence-electron chi connectivity index (χ0n) is 5.14. The molecule has 1 heterocycles. The molecule has 0 atom stereocenters. The third-order valence-electron chi connectivity index (χ3n) is 0.973. The van der Waals surface area contributed by atoms with Crippen LogP contribution in [0.5, 0.6) is 0 Å². The van der Waals surface area contributed by atoms with Crippen molar-refractivity contribution in [1.82, 2.24) is 0 Å². The Morgan fingerprint density at radius 2 is 1.83 bits per heavy atom. The van der Waals surface area contributed by atoms with E-state index in [2.05, 4.69) is 15.9 Å². The highest BCUT2D eigenvalue weighted by molar-refractivity contribution is 14.2. The van der Waals surface area contributed by atoms with Gasteiger partial charge in [-0.1, -0.05) is 23.2 Å². The van der Waals surface area contributed by atoms with Gasteiger partial charge in [0.2, 0.25) is 7.01 Å². The summed E-state index contributed by atoms with van der Waals surface area (Å²) in [5.74, 6) is 0. The number of rotatable bonds is 1. The van der Waals surface area contributed by atoms with E-state index in [1.54, 1.807) is 0 Å². The molecule has 2 nitrogen and oxygen atoms in total. The van der Waals surface area contributed by atoms with Crippen LogP contribution in [-0.4, -0.2) is 8.42 Å². The minimum atomic E-state index is -3.33. The van der Waals surface area contributed by atoms with Crippen LogP contribution < -0.4 is 0 Å². The summed E-state index contributed by atoms with van der Waals surface area (Å²) in [5, 5.41) is 0. The number of hydrogen-bond acceptors (Lipinski definition) is 3. The molecule has 0 aromatic carbocycles. The highest BCUT2D eigenvalue weighted by atomic mass is 127. The fraction of sp³-hybridized carbons (Fsp3) is 0. The Bertz CT molecular complexity index is 413. The molecular weight excluding hydrogens is 422 g/mol. The van der Waals surface area contributed by atoms with Crippen LogP contribution in [0.1, 0.15) is 0 Å². The van der Waals surface area contributed by atoms with E-state index < -0.39 is 7.01 Å². The molecule has 0 saturated heterocycles. The monoisotopic (exact) mass is 420 g/mol. The molecule has 0 bridgehead atoms. The standard InChI is InChI=1S/C4BrCl2IO2S2/c5-1-2(12(8,9)10)4(7)11-3(1)6. The molecule has 0 aliphatic heterocycles. The second kappa shape index (κ2) is 3.90. The second-order valence-electron chi connectivity index (χ2n) is 1.73. The molecular formula is C4BrCl2IO2S2. The van der Waals surface area contributed by atoms with E-state index in [0.717, 1.165) is 11.3 Å². The minimum Gasteiger partial charge on any atom is -0.213 e. The smallest absolute Gasteiger partial charge is 0.213 e. The minimum absolute atomic E-state index is 0.0553. The molecule has 0 aliphatic carbocycles.